The monoisotopic (exact) mass is 558 g/mol. The van der Waals surface area contributed by atoms with Gasteiger partial charge in [-0.1, -0.05) is 0 Å². The highest BCUT2D eigenvalue weighted by Crippen LogP contribution is 2.31. The van der Waals surface area contributed by atoms with Crippen LogP contribution in [-0.4, -0.2) is 35.9 Å². The maximum absolute atomic E-state index is 15.4. The van der Waals surface area contributed by atoms with Crippen molar-refractivity contribution in [3.8, 4) is 0 Å². The Bertz CT molecular complexity index is 1780. The average molecular weight is 559 g/mol. The molecule has 0 bridgehead atoms. The molecule has 39 heavy (non-hydrogen) atoms. The van der Waals surface area contributed by atoms with E-state index in [-0.39, 0.29) is 22.4 Å². The number of carbonyl (C=O) groups excluding carboxylic acids is 1. The van der Waals surface area contributed by atoms with Gasteiger partial charge in [-0.3, -0.25) is 14.5 Å². The molecule has 0 saturated heterocycles. The third-order valence-corrected chi connectivity index (χ3v) is 6.69. The number of carbonyl (C=O) groups is 1. The normalized spacial score (nSPS) is 12.2. The van der Waals surface area contributed by atoms with Gasteiger partial charge in [0.25, 0.3) is 10.0 Å². The predicted molar refractivity (Wildman–Crippen MR) is 137 cm³/mol. The Labute approximate surface area is 219 Å². The van der Waals surface area contributed by atoms with Crippen molar-refractivity contribution in [3.63, 3.8) is 0 Å². The molecular weight excluding hydrogens is 540 g/mol. The zero-order chi connectivity index (χ0) is 28.3. The molecule has 0 radical (unpaired) electrons. The molecule has 3 N–H and O–H groups in total. The van der Waals surface area contributed by atoms with Crippen LogP contribution < -0.4 is 10.0 Å². The number of ketones is 1. The van der Waals surface area contributed by atoms with Crippen LogP contribution in [0.15, 0.2) is 76.8 Å². The van der Waals surface area contributed by atoms with Gasteiger partial charge in [0.05, 0.1) is 22.2 Å². The Morgan fingerprint density at radius 3 is 2.59 bits per heavy atom. The molecule has 200 valence electrons. The first-order valence-electron chi connectivity index (χ1n) is 10.9. The number of hydrogen-bond donors (Lipinski definition) is 3. The number of H-pyrrole nitrogens is 1. The number of aromatic nitrogens is 3. The van der Waals surface area contributed by atoms with E-state index in [0.717, 1.165) is 0 Å². The fraction of sp³-hybridized carbons (Fsp3) is 0.0400. The summed E-state index contributed by atoms with van der Waals surface area (Å²) in [7, 11) is -4.86. The zero-order valence-electron chi connectivity index (χ0n) is 20.0. The Morgan fingerprint density at radius 2 is 1.85 bits per heavy atom. The molecule has 4 aromatic rings. The highest BCUT2D eigenvalue weighted by atomic mass is 32.2. The first kappa shape index (κ1) is 27.2. The van der Waals surface area contributed by atoms with Crippen LogP contribution in [0.2, 0.25) is 0 Å². The van der Waals surface area contributed by atoms with E-state index in [4.69, 9.17) is 0 Å². The molecular formula is C25H18F4N6O3S. The van der Waals surface area contributed by atoms with E-state index in [0.29, 0.717) is 36.0 Å². The van der Waals surface area contributed by atoms with Crippen molar-refractivity contribution in [2.75, 3.05) is 10.0 Å². The van der Waals surface area contributed by atoms with Crippen molar-refractivity contribution >= 4 is 45.1 Å². The summed E-state index contributed by atoms with van der Waals surface area (Å²) in [4.78, 5) is 26.7. The summed E-state index contributed by atoms with van der Waals surface area (Å²) < 4.78 is 84.8. The highest BCUT2D eigenvalue weighted by molar-refractivity contribution is 7.92. The van der Waals surface area contributed by atoms with Crippen molar-refractivity contribution in [2.45, 2.75) is 11.8 Å². The van der Waals surface area contributed by atoms with Crippen LogP contribution in [0.4, 0.5) is 29.1 Å². The van der Waals surface area contributed by atoms with Gasteiger partial charge in [0.1, 0.15) is 40.1 Å². The van der Waals surface area contributed by atoms with Crippen molar-refractivity contribution in [3.05, 3.63) is 101 Å². The fourth-order valence-corrected chi connectivity index (χ4v) is 4.72. The molecule has 0 unspecified atom stereocenters. The second-order valence-corrected chi connectivity index (χ2v) is 9.59. The van der Waals surface area contributed by atoms with Gasteiger partial charge >= 0.3 is 0 Å². The number of aliphatic imine (C=N–C) groups is 1. The van der Waals surface area contributed by atoms with Gasteiger partial charge in [-0.2, -0.15) is 0 Å². The number of nitrogens with zero attached hydrogens (tertiary/aromatic N) is 3. The number of aromatic amines is 1. The maximum atomic E-state index is 15.4. The van der Waals surface area contributed by atoms with Crippen molar-refractivity contribution in [2.24, 2.45) is 4.99 Å². The average Bonchev–Trinajstić information content (AvgIpc) is 3.32. The van der Waals surface area contributed by atoms with Gasteiger partial charge in [-0.05, 0) is 56.1 Å². The minimum Gasteiger partial charge on any atom is -0.345 e. The summed E-state index contributed by atoms with van der Waals surface area (Å²) >= 11 is 0. The number of sulfonamides is 1. The lowest BCUT2D eigenvalue weighted by Gasteiger charge is -2.13. The lowest BCUT2D eigenvalue weighted by atomic mass is 10.0. The summed E-state index contributed by atoms with van der Waals surface area (Å²) in [5.41, 5.74) is -1.45. The number of anilines is 2. The van der Waals surface area contributed by atoms with Gasteiger partial charge in [0.15, 0.2) is 5.82 Å². The Hall–Kier alpha value is -4.85. The van der Waals surface area contributed by atoms with Gasteiger partial charge < -0.3 is 10.3 Å². The Morgan fingerprint density at radius 1 is 1.10 bits per heavy atom. The van der Waals surface area contributed by atoms with E-state index in [1.54, 1.807) is 23.8 Å². The second kappa shape index (κ2) is 10.9. The van der Waals surface area contributed by atoms with E-state index in [2.05, 4.69) is 32.0 Å². The lowest BCUT2D eigenvalue weighted by Crippen LogP contribution is -2.18. The standard InChI is InChI=1S/C25H18F4N6O3S/c1-13(4-3-9-30-2)34-25-20-15(11-31-24(20)32-12-33-25)23(36)21-17(28)7-8-18(22(21)29)35-39(37,38)19-10-14(26)5-6-16(19)27/h3-12,35H,2H2,1H3,(H2,31,32,33,34)/b9-3-,13-4+. The SMILES string of the molecule is C=N/C=C\C=C(/C)Nc1ncnc2[nH]cc(C(=O)c3c(F)ccc(NS(=O)(=O)c4cc(F)ccc4F)c3F)c12. The third-order valence-electron chi connectivity index (χ3n) is 5.31. The summed E-state index contributed by atoms with van der Waals surface area (Å²) in [6.45, 7) is 5.00. The summed E-state index contributed by atoms with van der Waals surface area (Å²) in [6, 6.07) is 3.04. The van der Waals surface area contributed by atoms with Crippen LogP contribution in [0.3, 0.4) is 0 Å². The number of fused-ring (bicyclic) bond motifs is 1. The van der Waals surface area contributed by atoms with Crippen LogP contribution in [-0.2, 0) is 10.0 Å². The molecule has 4 rings (SSSR count). The molecule has 0 spiro atoms. The van der Waals surface area contributed by atoms with Gasteiger partial charge in [0, 0.05) is 18.1 Å². The van der Waals surface area contributed by atoms with Crippen LogP contribution >= 0.6 is 0 Å². The molecule has 2 heterocycles. The number of benzene rings is 2. The first-order valence-corrected chi connectivity index (χ1v) is 12.4. The molecule has 0 aliphatic carbocycles. The number of hydrogen-bond acceptors (Lipinski definition) is 7. The first-order chi connectivity index (χ1) is 18.5. The van der Waals surface area contributed by atoms with Crippen LogP contribution in [0.25, 0.3) is 11.0 Å². The molecule has 2 aromatic carbocycles. The quantitative estimate of drug-likeness (QED) is 0.114. The van der Waals surface area contributed by atoms with E-state index in [1.165, 1.54) is 18.7 Å². The molecule has 0 atom stereocenters. The molecule has 9 nitrogen and oxygen atoms in total. The number of halogens is 4. The molecule has 0 amide bonds. The highest BCUT2D eigenvalue weighted by Gasteiger charge is 2.28. The molecule has 0 aliphatic heterocycles. The van der Waals surface area contributed by atoms with Crippen molar-refractivity contribution in [1.82, 2.24) is 15.0 Å². The maximum Gasteiger partial charge on any atom is 0.265 e. The molecule has 0 saturated carbocycles. The molecule has 0 fully saturated rings. The topological polar surface area (TPSA) is 129 Å². The lowest BCUT2D eigenvalue weighted by molar-refractivity contribution is 0.103. The smallest absolute Gasteiger partial charge is 0.265 e. The summed E-state index contributed by atoms with van der Waals surface area (Å²) in [5, 5.41) is 3.06. The van der Waals surface area contributed by atoms with Crippen LogP contribution in [0.5, 0.6) is 0 Å². The van der Waals surface area contributed by atoms with Crippen LogP contribution in [0, 0.1) is 23.3 Å². The zero-order valence-corrected chi connectivity index (χ0v) is 20.8. The molecule has 0 aliphatic rings. The van der Waals surface area contributed by atoms with Crippen molar-refractivity contribution in [1.29, 1.82) is 0 Å². The minimum absolute atomic E-state index is 0.104. The predicted octanol–water partition coefficient (Wildman–Crippen LogP) is 5.08. The number of nitrogens with one attached hydrogen (secondary N) is 3. The van der Waals surface area contributed by atoms with Gasteiger partial charge in [-0.15, -0.1) is 0 Å². The second-order valence-electron chi connectivity index (χ2n) is 7.94. The summed E-state index contributed by atoms with van der Waals surface area (Å²) in [6.07, 6.45) is 7.02. The summed E-state index contributed by atoms with van der Waals surface area (Å²) in [5.74, 6) is -6.25. The Balaban J connectivity index is 1.76. The van der Waals surface area contributed by atoms with E-state index >= 15 is 4.39 Å². The van der Waals surface area contributed by atoms with E-state index in [9.17, 15) is 26.4 Å². The Kier molecular flexibility index (Phi) is 7.58. The van der Waals surface area contributed by atoms with Crippen LogP contribution in [0.1, 0.15) is 22.8 Å². The molecule has 14 heteroatoms. The van der Waals surface area contributed by atoms with Gasteiger partial charge in [0.2, 0.25) is 5.78 Å². The number of allylic oxidation sites excluding steroid dienone is 3. The molecule has 2 aromatic heterocycles. The van der Waals surface area contributed by atoms with E-state index in [1.807, 2.05) is 0 Å². The third kappa shape index (κ3) is 5.55. The van der Waals surface area contributed by atoms with Gasteiger partial charge in [-0.25, -0.2) is 35.9 Å². The number of rotatable bonds is 9. The largest absolute Gasteiger partial charge is 0.345 e. The van der Waals surface area contributed by atoms with E-state index < -0.39 is 55.2 Å². The van der Waals surface area contributed by atoms with Crippen molar-refractivity contribution < 1.29 is 30.8 Å². The minimum atomic E-state index is -4.86. The fourth-order valence-electron chi connectivity index (χ4n) is 3.57.